The van der Waals surface area contributed by atoms with Crippen LogP contribution >= 0.6 is 0 Å². The first-order chi connectivity index (χ1) is 14.6. The zero-order valence-electron chi connectivity index (χ0n) is 18.1. The van der Waals surface area contributed by atoms with Gasteiger partial charge in [0.25, 0.3) is 0 Å². The zero-order valence-corrected chi connectivity index (χ0v) is 18.1. The first-order valence-electron chi connectivity index (χ1n) is 11.0. The number of aliphatic hydroxyl groups is 1. The van der Waals surface area contributed by atoms with E-state index in [9.17, 15) is 5.11 Å². The second-order valence-electron chi connectivity index (χ2n) is 8.57. The Labute approximate surface area is 180 Å². The quantitative estimate of drug-likeness (QED) is 0.725. The van der Waals surface area contributed by atoms with Gasteiger partial charge in [-0.15, -0.1) is 0 Å². The summed E-state index contributed by atoms with van der Waals surface area (Å²) in [7, 11) is 3.39. The van der Waals surface area contributed by atoms with E-state index in [0.29, 0.717) is 0 Å². The van der Waals surface area contributed by atoms with Gasteiger partial charge in [0.15, 0.2) is 0 Å². The predicted molar refractivity (Wildman–Crippen MR) is 121 cm³/mol. The molecule has 2 aliphatic rings. The van der Waals surface area contributed by atoms with Gasteiger partial charge in [0.2, 0.25) is 0 Å². The summed E-state index contributed by atoms with van der Waals surface area (Å²) >= 11 is 0. The van der Waals surface area contributed by atoms with Gasteiger partial charge >= 0.3 is 0 Å². The van der Waals surface area contributed by atoms with E-state index in [2.05, 4.69) is 47.4 Å². The van der Waals surface area contributed by atoms with Crippen LogP contribution in [0.25, 0.3) is 6.08 Å². The lowest BCUT2D eigenvalue weighted by Gasteiger charge is -2.52. The minimum Gasteiger partial charge on any atom is -0.497 e. The SMILES string of the molecule is COc1ccc([C@@H]2[C@@H]3CCCC[C@@]3(O)CCN2C/C=C/c2ccccc2)c(OC)c1. The molecule has 1 heterocycles. The number of benzene rings is 2. The Kier molecular flexibility index (Phi) is 6.45. The van der Waals surface area contributed by atoms with E-state index < -0.39 is 5.60 Å². The van der Waals surface area contributed by atoms with Crippen LogP contribution in [0, 0.1) is 5.92 Å². The summed E-state index contributed by atoms with van der Waals surface area (Å²) in [5, 5.41) is 11.5. The van der Waals surface area contributed by atoms with Crippen molar-refractivity contribution >= 4 is 6.08 Å². The fourth-order valence-corrected chi connectivity index (χ4v) is 5.31. The molecule has 30 heavy (non-hydrogen) atoms. The molecule has 0 amide bonds. The maximum absolute atomic E-state index is 11.5. The first-order valence-corrected chi connectivity index (χ1v) is 11.0. The second-order valence-corrected chi connectivity index (χ2v) is 8.57. The molecular formula is C26H33NO3. The van der Waals surface area contributed by atoms with Gasteiger partial charge in [0.05, 0.1) is 19.8 Å². The highest BCUT2D eigenvalue weighted by Crippen LogP contribution is 2.51. The Morgan fingerprint density at radius 1 is 1.07 bits per heavy atom. The third-order valence-electron chi connectivity index (χ3n) is 6.88. The number of likely N-dealkylation sites (tertiary alicyclic amines) is 1. The number of methoxy groups -OCH3 is 2. The van der Waals surface area contributed by atoms with Crippen molar-refractivity contribution in [2.24, 2.45) is 5.92 Å². The minimum atomic E-state index is -0.576. The number of ether oxygens (including phenoxy) is 2. The van der Waals surface area contributed by atoms with Crippen molar-refractivity contribution in [3.63, 3.8) is 0 Å². The van der Waals surface area contributed by atoms with E-state index in [1.165, 1.54) is 12.0 Å². The lowest BCUT2D eigenvalue weighted by molar-refractivity contribution is -0.122. The van der Waals surface area contributed by atoms with Crippen molar-refractivity contribution in [1.29, 1.82) is 0 Å². The predicted octanol–water partition coefficient (Wildman–Crippen LogP) is 5.09. The molecule has 1 saturated heterocycles. The van der Waals surface area contributed by atoms with Crippen LogP contribution in [-0.2, 0) is 0 Å². The molecule has 0 spiro atoms. The highest BCUT2D eigenvalue weighted by molar-refractivity contribution is 5.49. The number of nitrogens with zero attached hydrogens (tertiary/aromatic N) is 1. The molecule has 1 aliphatic heterocycles. The van der Waals surface area contributed by atoms with Crippen molar-refractivity contribution in [2.45, 2.75) is 43.7 Å². The molecule has 1 saturated carbocycles. The third kappa shape index (κ3) is 4.26. The molecule has 2 aromatic carbocycles. The number of rotatable bonds is 6. The van der Waals surface area contributed by atoms with Crippen molar-refractivity contribution in [3.05, 3.63) is 65.7 Å². The number of hydrogen-bond acceptors (Lipinski definition) is 4. The zero-order chi connectivity index (χ0) is 21.0. The Morgan fingerprint density at radius 3 is 2.67 bits per heavy atom. The smallest absolute Gasteiger partial charge is 0.127 e. The van der Waals surface area contributed by atoms with Gasteiger partial charge in [-0.1, -0.05) is 61.4 Å². The summed E-state index contributed by atoms with van der Waals surface area (Å²) in [6.45, 7) is 1.73. The van der Waals surface area contributed by atoms with Crippen LogP contribution in [0.1, 0.15) is 49.3 Å². The van der Waals surface area contributed by atoms with Gasteiger partial charge in [-0.05, 0) is 30.9 Å². The number of hydrogen-bond donors (Lipinski definition) is 1. The molecule has 4 nitrogen and oxygen atoms in total. The van der Waals surface area contributed by atoms with Crippen molar-refractivity contribution in [2.75, 3.05) is 27.3 Å². The monoisotopic (exact) mass is 407 g/mol. The highest BCUT2D eigenvalue weighted by atomic mass is 16.5. The van der Waals surface area contributed by atoms with E-state index in [4.69, 9.17) is 9.47 Å². The van der Waals surface area contributed by atoms with Crippen molar-refractivity contribution in [3.8, 4) is 11.5 Å². The number of fused-ring (bicyclic) bond motifs is 1. The molecule has 0 bridgehead atoms. The lowest BCUT2D eigenvalue weighted by Crippen LogP contribution is -2.54. The summed E-state index contributed by atoms with van der Waals surface area (Å²) in [6.07, 6.45) is 9.51. The van der Waals surface area contributed by atoms with Gasteiger partial charge < -0.3 is 14.6 Å². The molecule has 1 aliphatic carbocycles. The van der Waals surface area contributed by atoms with Crippen LogP contribution in [-0.4, -0.2) is 42.9 Å². The van der Waals surface area contributed by atoms with E-state index >= 15 is 0 Å². The standard InChI is InChI=1S/C26H33NO3/c1-29-21-13-14-22(24(19-21)30-2)25-23-12-6-7-15-26(23,28)16-18-27(25)17-8-11-20-9-4-3-5-10-20/h3-5,8-11,13-14,19,23,25,28H,6-7,12,15-18H2,1-2H3/b11-8+/t23-,25+,26+/m0/s1. The van der Waals surface area contributed by atoms with Gasteiger partial charge in [-0.2, -0.15) is 0 Å². The maximum atomic E-state index is 11.5. The number of piperidine rings is 1. The molecule has 0 unspecified atom stereocenters. The Bertz CT molecular complexity index is 866. The average Bonchev–Trinajstić information content (AvgIpc) is 2.79. The highest BCUT2D eigenvalue weighted by Gasteiger charge is 2.49. The van der Waals surface area contributed by atoms with Crippen LogP contribution < -0.4 is 9.47 Å². The first kappa shape index (κ1) is 21.0. The largest absolute Gasteiger partial charge is 0.497 e. The Balaban J connectivity index is 1.66. The van der Waals surface area contributed by atoms with E-state index in [1.807, 2.05) is 18.2 Å². The summed E-state index contributed by atoms with van der Waals surface area (Å²) in [6, 6.07) is 16.6. The Morgan fingerprint density at radius 2 is 1.90 bits per heavy atom. The van der Waals surface area contributed by atoms with Gasteiger partial charge in [-0.3, -0.25) is 4.90 Å². The van der Waals surface area contributed by atoms with Gasteiger partial charge in [-0.25, -0.2) is 0 Å². The fraction of sp³-hybridized carbons (Fsp3) is 0.462. The summed E-state index contributed by atoms with van der Waals surface area (Å²) in [5.74, 6) is 1.85. The Hall–Kier alpha value is -2.30. The molecule has 3 atom stereocenters. The fourth-order valence-electron chi connectivity index (χ4n) is 5.31. The van der Waals surface area contributed by atoms with Crippen LogP contribution in [0.15, 0.2) is 54.6 Å². The van der Waals surface area contributed by atoms with Crippen LogP contribution in [0.5, 0.6) is 11.5 Å². The molecule has 0 radical (unpaired) electrons. The van der Waals surface area contributed by atoms with Crippen LogP contribution in [0.3, 0.4) is 0 Å². The van der Waals surface area contributed by atoms with Gasteiger partial charge in [0.1, 0.15) is 11.5 Å². The average molecular weight is 408 g/mol. The molecule has 4 rings (SSSR count). The van der Waals surface area contributed by atoms with E-state index in [-0.39, 0.29) is 12.0 Å². The molecule has 160 valence electrons. The van der Waals surface area contributed by atoms with E-state index in [1.54, 1.807) is 14.2 Å². The lowest BCUT2D eigenvalue weighted by atomic mass is 9.66. The summed E-state index contributed by atoms with van der Waals surface area (Å²) in [5.41, 5.74) is 1.78. The van der Waals surface area contributed by atoms with Crippen LogP contribution in [0.2, 0.25) is 0 Å². The molecule has 0 aromatic heterocycles. The van der Waals surface area contributed by atoms with Gasteiger partial charge in [0, 0.05) is 36.7 Å². The minimum absolute atomic E-state index is 0.130. The van der Waals surface area contributed by atoms with Crippen LogP contribution in [0.4, 0.5) is 0 Å². The topological polar surface area (TPSA) is 41.9 Å². The molecule has 1 N–H and O–H groups in total. The van der Waals surface area contributed by atoms with Crippen molar-refractivity contribution in [1.82, 2.24) is 4.90 Å². The summed E-state index contributed by atoms with van der Waals surface area (Å²) < 4.78 is 11.2. The van der Waals surface area contributed by atoms with Crippen molar-refractivity contribution < 1.29 is 14.6 Å². The second kappa shape index (κ2) is 9.23. The third-order valence-corrected chi connectivity index (χ3v) is 6.88. The molecule has 2 fully saturated rings. The molecule has 2 aromatic rings. The normalized spacial score (nSPS) is 27.0. The molecule has 4 heteroatoms. The molecular weight excluding hydrogens is 374 g/mol. The summed E-state index contributed by atoms with van der Waals surface area (Å²) in [4.78, 5) is 2.51. The maximum Gasteiger partial charge on any atom is 0.127 e. The van der Waals surface area contributed by atoms with E-state index in [0.717, 1.165) is 55.8 Å².